The summed E-state index contributed by atoms with van der Waals surface area (Å²) in [5.41, 5.74) is 0.860. The van der Waals surface area contributed by atoms with Crippen molar-refractivity contribution in [1.82, 2.24) is 5.32 Å². The van der Waals surface area contributed by atoms with Gasteiger partial charge in [-0.3, -0.25) is 4.79 Å². The molecule has 0 bridgehead atoms. The maximum atomic E-state index is 11.0. The largest absolute Gasteiger partial charge is 0.359 e. The second-order valence-corrected chi connectivity index (χ2v) is 2.85. The Labute approximate surface area is 78.0 Å². The second kappa shape index (κ2) is 4.12. The van der Waals surface area contributed by atoms with Crippen molar-refractivity contribution >= 4 is 17.5 Å². The number of amides is 1. The van der Waals surface area contributed by atoms with Gasteiger partial charge < -0.3 is 5.32 Å². The first-order valence-electron chi connectivity index (χ1n) is 3.68. The molecule has 2 nitrogen and oxygen atoms in total. The van der Waals surface area contributed by atoms with Gasteiger partial charge >= 0.3 is 0 Å². The van der Waals surface area contributed by atoms with Gasteiger partial charge in [0.1, 0.15) is 0 Å². The Morgan fingerprint density at radius 2 is 2.25 bits per heavy atom. The zero-order chi connectivity index (χ0) is 8.97. The van der Waals surface area contributed by atoms with E-state index in [2.05, 4.69) is 5.32 Å². The molecule has 1 amide bonds. The molecule has 1 aromatic rings. The van der Waals surface area contributed by atoms with Crippen LogP contribution in [0.3, 0.4) is 0 Å². The number of likely N-dealkylation sites (N-methyl/N-ethyl adjacent to an activating group) is 1. The van der Waals surface area contributed by atoms with Crippen LogP contribution in [0, 0.1) is 0 Å². The molecule has 0 spiro atoms. The topological polar surface area (TPSA) is 29.1 Å². The van der Waals surface area contributed by atoms with Crippen molar-refractivity contribution in [2.45, 2.75) is 6.42 Å². The smallest absolute Gasteiger partial charge is 0.224 e. The fourth-order valence-corrected chi connectivity index (χ4v) is 1.11. The number of rotatable bonds is 2. The zero-order valence-corrected chi connectivity index (χ0v) is 7.56. The predicted molar refractivity (Wildman–Crippen MR) is 51.3 cm³/mol. The van der Waals surface area contributed by atoms with E-state index in [0.29, 0.717) is 11.4 Å². The maximum Gasteiger partial charge on any atom is 0.224 e. The fraction of sp³-hybridized carbons (Fsp3) is 0.222. The van der Waals surface area contributed by atoms with Crippen molar-refractivity contribution in [2.24, 2.45) is 0 Å². The van der Waals surface area contributed by atoms with Crippen LogP contribution in [0.1, 0.15) is 6.99 Å². The molecule has 0 atom stereocenters. The average Bonchev–Trinajstić information content (AvgIpc) is 2.09. The summed E-state index contributed by atoms with van der Waals surface area (Å²) < 4.78 is 0. The molecule has 0 aliphatic rings. The van der Waals surface area contributed by atoms with Crippen molar-refractivity contribution in [1.29, 1.82) is 0 Å². The van der Waals surface area contributed by atoms with Crippen LogP contribution >= 0.6 is 11.6 Å². The number of halogens is 1. The lowest BCUT2D eigenvalue weighted by Crippen LogP contribution is -2.19. The van der Waals surface area contributed by atoms with Gasteiger partial charge in [0.15, 0.2) is 0 Å². The third-order valence-electron chi connectivity index (χ3n) is 1.59. The summed E-state index contributed by atoms with van der Waals surface area (Å²) in [4.78, 5) is 11.0. The van der Waals surface area contributed by atoms with Gasteiger partial charge in [-0.05, 0) is 11.6 Å². The molecule has 0 aliphatic heterocycles. The summed E-state index contributed by atoms with van der Waals surface area (Å²) >= 11 is 5.85. The minimum atomic E-state index is -0.0249. The molecule has 0 unspecified atom stereocenters. The summed E-state index contributed by atoms with van der Waals surface area (Å²) in [7, 11) is 1.61. The van der Waals surface area contributed by atoms with Gasteiger partial charge in [-0.25, -0.2) is 0 Å². The van der Waals surface area contributed by atoms with Gasteiger partial charge in [-0.1, -0.05) is 29.8 Å². The van der Waals surface area contributed by atoms with Crippen molar-refractivity contribution in [3.8, 4) is 0 Å². The Morgan fingerprint density at radius 3 is 2.83 bits per heavy atom. The lowest BCUT2D eigenvalue weighted by molar-refractivity contribution is -0.119. The molecular weight excluding hydrogens is 174 g/mol. The summed E-state index contributed by atoms with van der Waals surface area (Å²) in [6, 6.07) is 7.33. The lowest BCUT2D eigenvalue weighted by atomic mass is 10.1. The summed E-state index contributed by atoms with van der Waals surface area (Å²) in [5.74, 6) is -0.0249. The van der Waals surface area contributed by atoms with Crippen LogP contribution in [0.15, 0.2) is 24.3 Å². The third-order valence-corrected chi connectivity index (χ3v) is 1.96. The first-order chi connectivity index (χ1) is 5.74. The Morgan fingerprint density at radius 1 is 1.58 bits per heavy atom. The van der Waals surface area contributed by atoms with E-state index in [0.717, 1.165) is 5.56 Å². The van der Waals surface area contributed by atoms with Gasteiger partial charge in [0.05, 0.1) is 6.42 Å². The van der Waals surface area contributed by atoms with Crippen LogP contribution in [0.25, 0.3) is 0 Å². The summed E-state index contributed by atoms with van der Waals surface area (Å²) in [6.07, 6.45) is 0.343. The highest BCUT2D eigenvalue weighted by molar-refractivity contribution is 6.31. The van der Waals surface area contributed by atoms with E-state index < -0.39 is 0 Å². The number of hydrogen-bond donors (Lipinski definition) is 1. The highest BCUT2D eigenvalue weighted by Crippen LogP contribution is 2.14. The van der Waals surface area contributed by atoms with Crippen molar-refractivity contribution < 1.29 is 6.22 Å². The molecule has 0 aliphatic carbocycles. The van der Waals surface area contributed by atoms with Crippen LogP contribution in [-0.4, -0.2) is 13.0 Å². The third kappa shape index (κ3) is 2.24. The molecule has 1 rings (SSSR count). The SMILES string of the molecule is CNC(=O)Cc1ccccc1Cl.[HH]. The number of hydrogen-bond acceptors (Lipinski definition) is 1. The standard InChI is InChI=1S/C9H10ClNO.H2/c1-11-9(12)6-7-4-2-3-5-8(7)10;/h2-5H,6H2,1H3,(H,11,12);1H. The predicted octanol–water partition coefficient (Wildman–Crippen LogP) is 1.87. The van der Waals surface area contributed by atoms with Gasteiger partial charge in [0.25, 0.3) is 0 Å². The quantitative estimate of drug-likeness (QED) is 0.749. The number of benzene rings is 1. The highest BCUT2D eigenvalue weighted by Gasteiger charge is 2.03. The molecule has 0 saturated carbocycles. The van der Waals surface area contributed by atoms with E-state index >= 15 is 0 Å². The van der Waals surface area contributed by atoms with Gasteiger partial charge in [-0.15, -0.1) is 0 Å². The van der Waals surface area contributed by atoms with Crippen molar-refractivity contribution in [3.05, 3.63) is 34.9 Å². The van der Waals surface area contributed by atoms with Crippen LogP contribution in [-0.2, 0) is 11.2 Å². The van der Waals surface area contributed by atoms with E-state index in [1.165, 1.54) is 0 Å². The maximum absolute atomic E-state index is 11.0. The first-order valence-corrected chi connectivity index (χ1v) is 4.06. The number of carbonyl (C=O) groups excluding carboxylic acids is 1. The molecular formula is C9H12ClNO. The molecule has 0 fully saturated rings. The fourth-order valence-electron chi connectivity index (χ4n) is 0.903. The number of carbonyl (C=O) groups is 1. The van der Waals surface area contributed by atoms with E-state index in [9.17, 15) is 4.79 Å². The summed E-state index contributed by atoms with van der Waals surface area (Å²) in [6.45, 7) is 0. The Kier molecular flexibility index (Phi) is 3.11. The van der Waals surface area contributed by atoms with E-state index in [1.54, 1.807) is 13.1 Å². The molecule has 1 aromatic carbocycles. The Hall–Kier alpha value is -1.02. The number of nitrogens with one attached hydrogen (secondary N) is 1. The molecule has 1 N–H and O–H groups in total. The van der Waals surface area contributed by atoms with Gasteiger partial charge in [0, 0.05) is 13.5 Å². The van der Waals surface area contributed by atoms with Crippen LogP contribution in [0.5, 0.6) is 0 Å². The van der Waals surface area contributed by atoms with E-state index in [4.69, 9.17) is 11.6 Å². The molecule has 0 radical (unpaired) electrons. The second-order valence-electron chi connectivity index (χ2n) is 2.44. The zero-order valence-electron chi connectivity index (χ0n) is 6.80. The van der Waals surface area contributed by atoms with Crippen molar-refractivity contribution in [3.63, 3.8) is 0 Å². The Bertz CT molecular complexity index is 291. The van der Waals surface area contributed by atoms with Crippen molar-refractivity contribution in [2.75, 3.05) is 7.05 Å². The first kappa shape index (κ1) is 9.07. The minimum Gasteiger partial charge on any atom is -0.359 e. The molecule has 0 aromatic heterocycles. The van der Waals surface area contributed by atoms with Crippen LogP contribution in [0.4, 0.5) is 0 Å². The van der Waals surface area contributed by atoms with E-state index in [-0.39, 0.29) is 7.33 Å². The van der Waals surface area contributed by atoms with E-state index in [1.807, 2.05) is 18.2 Å². The summed E-state index contributed by atoms with van der Waals surface area (Å²) in [5, 5.41) is 3.18. The average molecular weight is 186 g/mol. The van der Waals surface area contributed by atoms with Gasteiger partial charge in [0.2, 0.25) is 5.91 Å². The normalized spacial score (nSPS) is 9.50. The van der Waals surface area contributed by atoms with Gasteiger partial charge in [-0.2, -0.15) is 0 Å². The minimum absolute atomic E-state index is 0. The molecule has 0 saturated heterocycles. The lowest BCUT2D eigenvalue weighted by Gasteiger charge is -2.01. The highest BCUT2D eigenvalue weighted by atomic mass is 35.5. The van der Waals surface area contributed by atoms with Crippen LogP contribution in [0.2, 0.25) is 5.02 Å². The molecule has 0 heterocycles. The Balaban J connectivity index is 0.00000144. The monoisotopic (exact) mass is 185 g/mol. The molecule has 12 heavy (non-hydrogen) atoms. The van der Waals surface area contributed by atoms with Crippen LogP contribution < -0.4 is 5.32 Å². The molecule has 66 valence electrons. The molecule has 3 heteroatoms.